The summed E-state index contributed by atoms with van der Waals surface area (Å²) in [5, 5.41) is 15.3. The van der Waals surface area contributed by atoms with Crippen LogP contribution in [0.1, 0.15) is 37.6 Å². The van der Waals surface area contributed by atoms with E-state index in [1.54, 1.807) is 17.8 Å². The summed E-state index contributed by atoms with van der Waals surface area (Å²) in [6, 6.07) is 5.49. The Morgan fingerprint density at radius 2 is 2.09 bits per heavy atom. The lowest BCUT2D eigenvalue weighted by molar-refractivity contribution is 0.647. The average molecular weight is 355 g/mol. The first-order valence-electron chi connectivity index (χ1n) is 7.29. The zero-order valence-electron chi connectivity index (χ0n) is 12.2. The van der Waals surface area contributed by atoms with Crippen LogP contribution in [0.3, 0.4) is 0 Å². The summed E-state index contributed by atoms with van der Waals surface area (Å²) < 4.78 is 1.85. The topological polar surface area (TPSA) is 43.1 Å². The van der Waals surface area contributed by atoms with Crippen molar-refractivity contribution in [1.82, 2.24) is 14.9 Å². The second kappa shape index (κ2) is 7.02. The van der Waals surface area contributed by atoms with E-state index in [0.29, 0.717) is 10.0 Å². The summed E-state index contributed by atoms with van der Waals surface area (Å²) in [5.41, 5.74) is 1.84. The molecule has 2 aromatic rings. The molecule has 7 heteroatoms. The number of aromatic nitrogens is 3. The van der Waals surface area contributed by atoms with Gasteiger partial charge in [-0.3, -0.25) is 0 Å². The highest BCUT2D eigenvalue weighted by Gasteiger charge is 2.20. The molecule has 0 N–H and O–H groups in total. The van der Waals surface area contributed by atoms with Gasteiger partial charge < -0.3 is 0 Å². The second-order valence-electron chi connectivity index (χ2n) is 5.13. The van der Waals surface area contributed by atoms with Gasteiger partial charge >= 0.3 is 0 Å². The lowest BCUT2D eigenvalue weighted by atomic mass is 10.1. The predicted octanol–water partition coefficient (Wildman–Crippen LogP) is 4.68. The van der Waals surface area contributed by atoms with Crippen LogP contribution in [0.5, 0.6) is 0 Å². The fraction of sp³-hybridized carbons (Fsp3) is 0.400. The van der Waals surface area contributed by atoms with Crippen molar-refractivity contribution >= 4 is 40.7 Å². The van der Waals surface area contributed by atoms with Crippen LogP contribution < -0.4 is 0 Å². The van der Waals surface area contributed by atoms with Crippen molar-refractivity contribution in [2.75, 3.05) is 5.75 Å². The number of thioether (sulfide) groups is 1. The predicted molar refractivity (Wildman–Crippen MR) is 92.4 cm³/mol. The quantitative estimate of drug-likeness (QED) is 0.732. The van der Waals surface area contributed by atoms with E-state index in [1.807, 2.05) is 16.8 Å². The molecule has 116 valence electrons. The molecule has 0 unspecified atom stereocenters. The number of fused-ring (bicyclic) bond motifs is 1. The summed E-state index contributed by atoms with van der Waals surface area (Å²) in [6.07, 6.45) is 4.37. The Labute approximate surface area is 143 Å². The van der Waals surface area contributed by atoms with E-state index in [4.69, 9.17) is 28.3 Å². The molecule has 0 fully saturated rings. The second-order valence-corrected chi connectivity index (χ2v) is 6.91. The smallest absolute Gasteiger partial charge is 0.191 e. The number of halogens is 2. The van der Waals surface area contributed by atoms with E-state index in [1.165, 1.54) is 12.8 Å². The Morgan fingerprint density at radius 1 is 1.23 bits per heavy atom. The van der Waals surface area contributed by atoms with Crippen LogP contribution >= 0.6 is 35.0 Å². The summed E-state index contributed by atoms with van der Waals surface area (Å²) in [5.74, 6) is 1.65. The molecule has 0 aliphatic carbocycles. The molecule has 22 heavy (non-hydrogen) atoms. The van der Waals surface area contributed by atoms with Gasteiger partial charge in [-0.2, -0.15) is 9.78 Å². The SMILES string of the molecule is CCCCCc1nnc2n1N=C(c1ccc(Cl)cc1Cl)CS2. The van der Waals surface area contributed by atoms with Crippen molar-refractivity contribution in [1.29, 1.82) is 0 Å². The maximum absolute atomic E-state index is 6.29. The van der Waals surface area contributed by atoms with Crippen molar-refractivity contribution in [2.24, 2.45) is 5.10 Å². The molecule has 3 rings (SSSR count). The fourth-order valence-electron chi connectivity index (χ4n) is 2.31. The van der Waals surface area contributed by atoms with Gasteiger partial charge in [-0.15, -0.1) is 10.2 Å². The molecule has 0 radical (unpaired) electrons. The number of hydrogen-bond donors (Lipinski definition) is 0. The number of hydrogen-bond acceptors (Lipinski definition) is 4. The zero-order valence-corrected chi connectivity index (χ0v) is 14.5. The normalized spacial score (nSPS) is 13.9. The monoisotopic (exact) mass is 354 g/mol. The van der Waals surface area contributed by atoms with Crippen LogP contribution in [-0.2, 0) is 6.42 Å². The van der Waals surface area contributed by atoms with Crippen molar-refractivity contribution in [2.45, 2.75) is 37.8 Å². The van der Waals surface area contributed by atoms with Gasteiger partial charge in [0.15, 0.2) is 5.82 Å². The van der Waals surface area contributed by atoms with Crippen LogP contribution in [0.15, 0.2) is 28.5 Å². The van der Waals surface area contributed by atoms with E-state index in [9.17, 15) is 0 Å². The molecular formula is C15H16Cl2N4S. The molecule has 0 bridgehead atoms. The van der Waals surface area contributed by atoms with Crippen LogP contribution in [0.4, 0.5) is 0 Å². The van der Waals surface area contributed by atoms with Gasteiger partial charge in [0.05, 0.1) is 10.7 Å². The van der Waals surface area contributed by atoms with E-state index in [0.717, 1.165) is 40.9 Å². The Morgan fingerprint density at radius 3 is 2.86 bits per heavy atom. The molecule has 1 aliphatic heterocycles. The Hall–Kier alpha value is -1.04. The number of aryl methyl sites for hydroxylation is 1. The molecule has 4 nitrogen and oxygen atoms in total. The van der Waals surface area contributed by atoms with E-state index in [-0.39, 0.29) is 0 Å². The van der Waals surface area contributed by atoms with Crippen LogP contribution in [0, 0.1) is 0 Å². The van der Waals surface area contributed by atoms with E-state index in [2.05, 4.69) is 17.1 Å². The highest BCUT2D eigenvalue weighted by atomic mass is 35.5. The molecule has 0 spiro atoms. The Balaban J connectivity index is 1.90. The molecule has 0 amide bonds. The number of unbranched alkanes of at least 4 members (excludes halogenated alkanes) is 2. The van der Waals surface area contributed by atoms with Crippen molar-refractivity contribution < 1.29 is 0 Å². The van der Waals surface area contributed by atoms with Crippen LogP contribution in [-0.4, -0.2) is 26.3 Å². The first kappa shape index (κ1) is 15.8. The van der Waals surface area contributed by atoms with Crippen LogP contribution in [0.2, 0.25) is 10.0 Å². The molecule has 1 aromatic heterocycles. The summed E-state index contributed by atoms with van der Waals surface area (Å²) in [6.45, 7) is 2.19. The van der Waals surface area contributed by atoms with Gasteiger partial charge in [-0.1, -0.05) is 60.8 Å². The minimum Gasteiger partial charge on any atom is -0.191 e. The highest BCUT2D eigenvalue weighted by molar-refractivity contribution is 7.99. The fourth-order valence-corrected chi connectivity index (χ4v) is 3.68. The van der Waals surface area contributed by atoms with Gasteiger partial charge in [0.2, 0.25) is 5.16 Å². The van der Waals surface area contributed by atoms with E-state index < -0.39 is 0 Å². The minimum atomic E-state index is 0.621. The van der Waals surface area contributed by atoms with Gasteiger partial charge in [-0.25, -0.2) is 0 Å². The van der Waals surface area contributed by atoms with Gasteiger partial charge in [0.1, 0.15) is 0 Å². The summed E-state index contributed by atoms with van der Waals surface area (Å²) in [7, 11) is 0. The third-order valence-electron chi connectivity index (χ3n) is 3.48. The molecule has 1 aromatic carbocycles. The largest absolute Gasteiger partial charge is 0.212 e. The Bertz CT molecular complexity index is 712. The minimum absolute atomic E-state index is 0.621. The highest BCUT2D eigenvalue weighted by Crippen LogP contribution is 2.28. The average Bonchev–Trinajstić information content (AvgIpc) is 2.90. The van der Waals surface area contributed by atoms with Gasteiger partial charge in [0, 0.05) is 22.8 Å². The summed E-state index contributed by atoms with van der Waals surface area (Å²) in [4.78, 5) is 0. The molecule has 1 aliphatic rings. The number of benzene rings is 1. The van der Waals surface area contributed by atoms with E-state index >= 15 is 0 Å². The first-order valence-corrected chi connectivity index (χ1v) is 9.03. The maximum Gasteiger partial charge on any atom is 0.212 e. The maximum atomic E-state index is 6.29. The summed E-state index contributed by atoms with van der Waals surface area (Å²) >= 11 is 13.9. The molecule has 0 atom stereocenters. The van der Waals surface area contributed by atoms with Crippen LogP contribution in [0.25, 0.3) is 0 Å². The molecule has 2 heterocycles. The van der Waals surface area contributed by atoms with Crippen molar-refractivity contribution in [3.05, 3.63) is 39.6 Å². The first-order chi connectivity index (χ1) is 10.7. The zero-order chi connectivity index (χ0) is 15.5. The molecule has 0 saturated heterocycles. The number of rotatable bonds is 5. The third-order valence-corrected chi connectivity index (χ3v) is 4.96. The van der Waals surface area contributed by atoms with Crippen molar-refractivity contribution in [3.63, 3.8) is 0 Å². The lowest BCUT2D eigenvalue weighted by Crippen LogP contribution is -2.15. The molecule has 0 saturated carbocycles. The van der Waals surface area contributed by atoms with Gasteiger partial charge in [0.25, 0.3) is 0 Å². The standard InChI is InChI=1S/C15H16Cl2N4S/c1-2-3-4-5-14-18-19-15-21(14)20-13(9-22-15)11-7-6-10(16)8-12(11)17/h6-8H,2-5,9H2,1H3. The lowest BCUT2D eigenvalue weighted by Gasteiger charge is -2.15. The molecular weight excluding hydrogens is 339 g/mol. The Kier molecular flexibility index (Phi) is 5.06. The number of nitrogens with zero attached hydrogens (tertiary/aromatic N) is 4. The third kappa shape index (κ3) is 3.31. The van der Waals surface area contributed by atoms with Gasteiger partial charge in [-0.05, 0) is 18.6 Å². The van der Waals surface area contributed by atoms with Crippen molar-refractivity contribution in [3.8, 4) is 0 Å².